The lowest BCUT2D eigenvalue weighted by Crippen LogP contribution is -2.52. The minimum Gasteiger partial charge on any atom is -0.480 e. The second-order valence-electron chi connectivity index (χ2n) is 5.43. The summed E-state index contributed by atoms with van der Waals surface area (Å²) in [6.07, 6.45) is 2.34. The summed E-state index contributed by atoms with van der Waals surface area (Å²) >= 11 is 1.08. The first-order valence-electron chi connectivity index (χ1n) is 7.65. The number of aliphatic carboxylic acids is 1. The molecule has 1 fully saturated rings. The monoisotopic (exact) mass is 388 g/mol. The van der Waals surface area contributed by atoms with E-state index in [2.05, 4.69) is 11.9 Å². The van der Waals surface area contributed by atoms with Crippen molar-refractivity contribution in [1.29, 1.82) is 0 Å². The number of carboxylic acids is 1. The normalized spacial score (nSPS) is 19.4. The Morgan fingerprint density at radius 3 is 2.92 bits per heavy atom. The van der Waals surface area contributed by atoms with Crippen molar-refractivity contribution < 1.29 is 27.9 Å². The van der Waals surface area contributed by atoms with Gasteiger partial charge in [0.1, 0.15) is 10.3 Å². The molecule has 0 spiro atoms. The first-order chi connectivity index (χ1) is 11.9. The molecule has 2 rings (SSSR count). The van der Waals surface area contributed by atoms with Gasteiger partial charge in [-0.15, -0.1) is 17.9 Å². The Hall–Kier alpha value is -1.75. The zero-order valence-electron chi connectivity index (χ0n) is 13.5. The number of rotatable bonds is 9. The third kappa shape index (κ3) is 4.66. The van der Waals surface area contributed by atoms with Crippen molar-refractivity contribution in [1.82, 2.24) is 9.62 Å². The number of amides is 1. The smallest absolute Gasteiger partial charge is 0.328 e. The molecule has 1 saturated heterocycles. The molecule has 8 nitrogen and oxygen atoms in total. The number of nitrogens with one attached hydrogen (secondary N) is 1. The summed E-state index contributed by atoms with van der Waals surface area (Å²) in [7, 11) is -3.77. The summed E-state index contributed by atoms with van der Waals surface area (Å²) in [5.74, 6) is -1.88. The molecule has 1 amide bonds. The van der Waals surface area contributed by atoms with Crippen LogP contribution in [0.15, 0.2) is 34.4 Å². The number of nitrogens with zero attached hydrogens (tertiary/aromatic N) is 1. The van der Waals surface area contributed by atoms with Crippen LogP contribution in [0.4, 0.5) is 0 Å². The third-order valence-electron chi connectivity index (χ3n) is 3.70. The first-order valence-corrected chi connectivity index (χ1v) is 9.97. The number of carboxylic acid groups (broad SMARTS) is 1. The molecule has 25 heavy (non-hydrogen) atoms. The van der Waals surface area contributed by atoms with Gasteiger partial charge in [-0.3, -0.25) is 4.79 Å². The number of sulfonamides is 1. The Morgan fingerprint density at radius 2 is 2.32 bits per heavy atom. The van der Waals surface area contributed by atoms with E-state index >= 15 is 0 Å². The first kappa shape index (κ1) is 19.6. The summed E-state index contributed by atoms with van der Waals surface area (Å²) < 4.78 is 31.7. The topological polar surface area (TPSA) is 113 Å². The van der Waals surface area contributed by atoms with Crippen molar-refractivity contribution in [2.75, 3.05) is 19.8 Å². The molecule has 0 saturated carbocycles. The zero-order valence-corrected chi connectivity index (χ0v) is 15.1. The van der Waals surface area contributed by atoms with Crippen LogP contribution >= 0.6 is 11.3 Å². The van der Waals surface area contributed by atoms with Gasteiger partial charge in [0.15, 0.2) is 6.04 Å². The predicted molar refractivity (Wildman–Crippen MR) is 91.8 cm³/mol. The molecular formula is C15H20N2O6S2. The molecule has 2 heterocycles. The van der Waals surface area contributed by atoms with Gasteiger partial charge in [0.05, 0.1) is 13.2 Å². The van der Waals surface area contributed by atoms with E-state index in [1.54, 1.807) is 11.4 Å². The molecule has 10 heteroatoms. The average Bonchev–Trinajstić information content (AvgIpc) is 3.25. The summed E-state index contributed by atoms with van der Waals surface area (Å²) in [4.78, 5) is 23.7. The van der Waals surface area contributed by atoms with Crippen LogP contribution in [0.5, 0.6) is 0 Å². The quantitative estimate of drug-likeness (QED) is 0.475. The van der Waals surface area contributed by atoms with Gasteiger partial charge >= 0.3 is 5.97 Å². The molecular weight excluding hydrogens is 368 g/mol. The molecule has 1 aliphatic heterocycles. The van der Waals surface area contributed by atoms with Gasteiger partial charge in [0.25, 0.3) is 10.0 Å². The highest BCUT2D eigenvalue weighted by atomic mass is 32.2. The Morgan fingerprint density at radius 1 is 1.56 bits per heavy atom. The van der Waals surface area contributed by atoms with E-state index in [1.165, 1.54) is 12.1 Å². The Kier molecular flexibility index (Phi) is 6.71. The Bertz CT molecular complexity index is 716. The van der Waals surface area contributed by atoms with Crippen LogP contribution in [-0.2, 0) is 24.3 Å². The molecule has 2 unspecified atom stereocenters. The van der Waals surface area contributed by atoms with E-state index in [1.807, 2.05) is 0 Å². The maximum atomic E-state index is 12.6. The Labute approximate surface area is 150 Å². The highest BCUT2D eigenvalue weighted by Crippen LogP contribution is 2.28. The molecule has 2 N–H and O–H groups in total. The predicted octanol–water partition coefficient (Wildman–Crippen LogP) is 0.673. The van der Waals surface area contributed by atoms with Gasteiger partial charge in [0, 0.05) is 6.54 Å². The van der Waals surface area contributed by atoms with Gasteiger partial charge in [-0.1, -0.05) is 12.1 Å². The fourth-order valence-corrected chi connectivity index (χ4v) is 5.30. The standard InChI is InChI=1S/C15H20N2O6S2/c1-2-8-23-10-11(15(19)20)16-14(18)12-5-3-7-17(12)25(21,22)13-6-4-9-24-13/h2,4,6,9,11-12H,1,3,5,7-8,10H2,(H,16,18)(H,19,20). The highest BCUT2D eigenvalue weighted by Gasteiger charge is 2.40. The second kappa shape index (κ2) is 8.56. The number of thiophene rings is 1. The lowest BCUT2D eigenvalue weighted by atomic mass is 10.2. The van der Waals surface area contributed by atoms with Crippen LogP contribution in [0.25, 0.3) is 0 Å². The van der Waals surface area contributed by atoms with Crippen LogP contribution in [-0.4, -0.2) is 61.5 Å². The molecule has 0 bridgehead atoms. The molecule has 0 aromatic carbocycles. The molecule has 0 radical (unpaired) electrons. The lowest BCUT2D eigenvalue weighted by molar-refractivity contribution is -0.144. The van der Waals surface area contributed by atoms with E-state index in [0.717, 1.165) is 15.6 Å². The molecule has 1 aromatic heterocycles. The van der Waals surface area contributed by atoms with Crippen LogP contribution in [0.2, 0.25) is 0 Å². The Balaban J connectivity index is 2.09. The van der Waals surface area contributed by atoms with Crippen molar-refractivity contribution in [3.63, 3.8) is 0 Å². The van der Waals surface area contributed by atoms with Crippen molar-refractivity contribution in [3.8, 4) is 0 Å². The molecule has 1 aliphatic rings. The van der Waals surface area contributed by atoms with Gasteiger partial charge in [-0.05, 0) is 24.3 Å². The number of hydrogen-bond acceptors (Lipinski definition) is 6. The van der Waals surface area contributed by atoms with Gasteiger partial charge in [0.2, 0.25) is 5.91 Å². The number of carbonyl (C=O) groups excluding carboxylic acids is 1. The molecule has 138 valence electrons. The summed E-state index contributed by atoms with van der Waals surface area (Å²) in [6, 6.07) is 0.934. The number of hydrogen-bond donors (Lipinski definition) is 2. The number of ether oxygens (including phenoxy) is 1. The van der Waals surface area contributed by atoms with E-state index in [-0.39, 0.29) is 24.0 Å². The highest BCUT2D eigenvalue weighted by molar-refractivity contribution is 7.91. The van der Waals surface area contributed by atoms with E-state index < -0.39 is 34.0 Å². The fourth-order valence-electron chi connectivity index (χ4n) is 2.53. The van der Waals surface area contributed by atoms with Gasteiger partial charge in [-0.25, -0.2) is 13.2 Å². The zero-order chi connectivity index (χ0) is 18.4. The van der Waals surface area contributed by atoms with Crippen LogP contribution in [0.1, 0.15) is 12.8 Å². The summed E-state index contributed by atoms with van der Waals surface area (Å²) in [5.41, 5.74) is 0. The number of carbonyl (C=O) groups is 2. The maximum absolute atomic E-state index is 12.6. The van der Waals surface area contributed by atoms with Crippen LogP contribution in [0.3, 0.4) is 0 Å². The largest absolute Gasteiger partial charge is 0.480 e. The summed E-state index contributed by atoms with van der Waals surface area (Å²) in [6.45, 7) is 3.61. The van der Waals surface area contributed by atoms with Crippen molar-refractivity contribution >= 4 is 33.2 Å². The van der Waals surface area contributed by atoms with Crippen molar-refractivity contribution in [2.45, 2.75) is 29.1 Å². The van der Waals surface area contributed by atoms with Gasteiger partial charge in [-0.2, -0.15) is 4.31 Å². The average molecular weight is 388 g/mol. The minimum absolute atomic E-state index is 0.155. The van der Waals surface area contributed by atoms with Crippen LogP contribution < -0.4 is 5.32 Å². The minimum atomic E-state index is -3.77. The van der Waals surface area contributed by atoms with E-state index in [4.69, 9.17) is 4.74 Å². The fraction of sp³-hybridized carbons (Fsp3) is 0.467. The third-order valence-corrected chi connectivity index (χ3v) is 6.98. The van der Waals surface area contributed by atoms with Crippen LogP contribution in [0, 0.1) is 0 Å². The maximum Gasteiger partial charge on any atom is 0.328 e. The molecule has 2 atom stereocenters. The SMILES string of the molecule is C=CCOCC(NC(=O)C1CCCN1S(=O)(=O)c1cccs1)C(=O)O. The van der Waals surface area contributed by atoms with E-state index in [0.29, 0.717) is 12.8 Å². The summed E-state index contributed by atoms with van der Waals surface area (Å²) in [5, 5.41) is 13.2. The van der Waals surface area contributed by atoms with Crippen molar-refractivity contribution in [2.24, 2.45) is 0 Å². The van der Waals surface area contributed by atoms with Crippen molar-refractivity contribution in [3.05, 3.63) is 30.2 Å². The van der Waals surface area contributed by atoms with Gasteiger partial charge < -0.3 is 15.2 Å². The van der Waals surface area contributed by atoms with E-state index in [9.17, 15) is 23.1 Å². The molecule has 0 aliphatic carbocycles. The lowest BCUT2D eigenvalue weighted by Gasteiger charge is -2.24. The molecule has 1 aromatic rings. The second-order valence-corrected chi connectivity index (χ2v) is 8.50.